The smallest absolute Gasteiger partial charge is 0.242 e. The summed E-state index contributed by atoms with van der Waals surface area (Å²) in [7, 11) is 0. The fraction of sp³-hybridized carbons (Fsp3) is 0.833. The number of aliphatic hydroxyl groups is 1. The minimum absolute atomic E-state index is 0.197. The van der Waals surface area contributed by atoms with Crippen molar-refractivity contribution in [1.82, 2.24) is 5.32 Å². The van der Waals surface area contributed by atoms with Crippen LogP contribution in [0.25, 0.3) is 0 Å². The number of nitrogens with two attached hydrogens (primary N) is 1. The van der Waals surface area contributed by atoms with Gasteiger partial charge in [0, 0.05) is 5.92 Å². The molecule has 56 valence electrons. The number of fused-ring (bicyclic) bond motifs is 2. The first kappa shape index (κ1) is 6.12. The summed E-state index contributed by atoms with van der Waals surface area (Å²) in [5.74, 6) is -0.00907. The second-order valence-electron chi connectivity index (χ2n) is 3.24. The lowest BCUT2D eigenvalue weighted by atomic mass is 9.64. The van der Waals surface area contributed by atoms with E-state index in [0.29, 0.717) is 12.8 Å². The van der Waals surface area contributed by atoms with Gasteiger partial charge in [0.1, 0.15) is 6.23 Å². The molecule has 2 bridgehead atoms. The number of aliphatic hydroxyl groups excluding tert-OH is 1. The van der Waals surface area contributed by atoms with Gasteiger partial charge in [-0.2, -0.15) is 0 Å². The average Bonchev–Trinajstić information content (AvgIpc) is 1.76. The molecule has 1 unspecified atom stereocenters. The molecule has 0 aromatic rings. The van der Waals surface area contributed by atoms with Crippen LogP contribution in [-0.4, -0.2) is 22.8 Å². The molecular weight excluding hydrogens is 132 g/mol. The quantitative estimate of drug-likeness (QED) is 0.387. The van der Waals surface area contributed by atoms with E-state index < -0.39 is 11.8 Å². The predicted molar refractivity (Wildman–Crippen MR) is 33.8 cm³/mol. The minimum Gasteiger partial charge on any atom is -0.373 e. The Kier molecular flexibility index (Phi) is 0.928. The van der Waals surface area contributed by atoms with Crippen molar-refractivity contribution in [2.45, 2.75) is 24.6 Å². The van der Waals surface area contributed by atoms with Gasteiger partial charge in [-0.15, -0.1) is 0 Å². The standard InChI is InChI=1S/C6H10N2O2/c7-6-1-3(2-6)4(9)8-5(6)10/h3-4,9H,1-2,7H2,(H,8,10). The van der Waals surface area contributed by atoms with Gasteiger partial charge in [-0.3, -0.25) is 4.79 Å². The van der Waals surface area contributed by atoms with E-state index in [2.05, 4.69) is 5.32 Å². The maximum atomic E-state index is 11.0. The SMILES string of the molecule is NC12CC(C1)C(O)NC2=O. The monoisotopic (exact) mass is 142 g/mol. The van der Waals surface area contributed by atoms with Gasteiger partial charge in [-0.25, -0.2) is 0 Å². The number of piperidine rings is 2. The highest BCUT2D eigenvalue weighted by atomic mass is 16.3. The third-order valence-electron chi connectivity index (χ3n) is 2.43. The summed E-state index contributed by atoms with van der Waals surface area (Å²) in [6, 6.07) is 0. The fourth-order valence-corrected chi connectivity index (χ4v) is 1.68. The molecule has 2 aliphatic heterocycles. The van der Waals surface area contributed by atoms with Crippen LogP contribution in [-0.2, 0) is 4.79 Å². The van der Waals surface area contributed by atoms with Crippen LogP contribution in [0.4, 0.5) is 0 Å². The van der Waals surface area contributed by atoms with E-state index in [1.807, 2.05) is 0 Å². The molecule has 1 amide bonds. The van der Waals surface area contributed by atoms with Gasteiger partial charge >= 0.3 is 0 Å². The van der Waals surface area contributed by atoms with Crippen molar-refractivity contribution >= 4 is 5.91 Å². The highest BCUT2D eigenvalue weighted by Gasteiger charge is 2.54. The van der Waals surface area contributed by atoms with Crippen LogP contribution in [0.2, 0.25) is 0 Å². The highest BCUT2D eigenvalue weighted by molar-refractivity contribution is 5.88. The van der Waals surface area contributed by atoms with Crippen molar-refractivity contribution in [3.05, 3.63) is 0 Å². The van der Waals surface area contributed by atoms with Crippen molar-refractivity contribution in [2.24, 2.45) is 11.7 Å². The van der Waals surface area contributed by atoms with E-state index in [0.717, 1.165) is 0 Å². The van der Waals surface area contributed by atoms with Gasteiger partial charge in [-0.1, -0.05) is 0 Å². The molecule has 1 saturated carbocycles. The molecule has 0 spiro atoms. The normalized spacial score (nSPS) is 51.6. The number of nitrogens with one attached hydrogen (secondary N) is 1. The Labute approximate surface area is 58.4 Å². The lowest BCUT2D eigenvalue weighted by Crippen LogP contribution is -2.72. The number of carbonyl (C=O) groups is 1. The van der Waals surface area contributed by atoms with Gasteiger partial charge in [-0.05, 0) is 12.8 Å². The first-order valence-corrected chi connectivity index (χ1v) is 3.40. The number of hydrogen-bond donors (Lipinski definition) is 3. The minimum atomic E-state index is -0.655. The molecule has 1 atom stereocenters. The third kappa shape index (κ3) is 0.552. The Hall–Kier alpha value is -0.610. The Morgan fingerprint density at radius 3 is 2.70 bits per heavy atom. The maximum Gasteiger partial charge on any atom is 0.242 e. The topological polar surface area (TPSA) is 75.3 Å². The number of amides is 1. The molecule has 2 saturated heterocycles. The van der Waals surface area contributed by atoms with E-state index in [9.17, 15) is 4.79 Å². The van der Waals surface area contributed by atoms with Crippen LogP contribution in [0.1, 0.15) is 12.8 Å². The molecule has 4 N–H and O–H groups in total. The van der Waals surface area contributed by atoms with Crippen molar-refractivity contribution in [2.75, 3.05) is 0 Å². The lowest BCUT2D eigenvalue weighted by molar-refractivity contribution is -0.150. The second-order valence-corrected chi connectivity index (χ2v) is 3.24. The number of rotatable bonds is 0. The Balaban J connectivity index is 2.19. The van der Waals surface area contributed by atoms with E-state index in [4.69, 9.17) is 10.8 Å². The summed E-state index contributed by atoms with van der Waals surface area (Å²) in [6.45, 7) is 0. The zero-order valence-electron chi connectivity index (χ0n) is 5.50. The van der Waals surface area contributed by atoms with E-state index in [1.165, 1.54) is 0 Å². The van der Waals surface area contributed by atoms with Crippen LogP contribution in [0.5, 0.6) is 0 Å². The summed E-state index contributed by atoms with van der Waals surface area (Å²) >= 11 is 0. The van der Waals surface area contributed by atoms with Gasteiger partial charge in [0.2, 0.25) is 5.91 Å². The molecule has 2 heterocycles. The molecule has 0 aromatic heterocycles. The molecule has 4 nitrogen and oxygen atoms in total. The Bertz CT molecular complexity index is 186. The molecular formula is C6H10N2O2. The van der Waals surface area contributed by atoms with E-state index in [-0.39, 0.29) is 11.8 Å². The highest BCUT2D eigenvalue weighted by Crippen LogP contribution is 2.41. The van der Waals surface area contributed by atoms with Gasteiger partial charge < -0.3 is 16.2 Å². The molecule has 3 fully saturated rings. The lowest BCUT2D eigenvalue weighted by Gasteiger charge is -2.50. The maximum absolute atomic E-state index is 11.0. The molecule has 1 aliphatic carbocycles. The summed E-state index contributed by atoms with van der Waals surface area (Å²) in [5.41, 5.74) is 4.98. The zero-order chi connectivity index (χ0) is 7.35. The van der Waals surface area contributed by atoms with Gasteiger partial charge in [0.25, 0.3) is 0 Å². The zero-order valence-corrected chi connectivity index (χ0v) is 5.50. The number of carbonyl (C=O) groups excluding carboxylic acids is 1. The average molecular weight is 142 g/mol. The largest absolute Gasteiger partial charge is 0.373 e. The van der Waals surface area contributed by atoms with Crippen LogP contribution >= 0.6 is 0 Å². The molecule has 4 heteroatoms. The van der Waals surface area contributed by atoms with Crippen molar-refractivity contribution in [1.29, 1.82) is 0 Å². The van der Waals surface area contributed by atoms with Crippen molar-refractivity contribution in [3.8, 4) is 0 Å². The van der Waals surface area contributed by atoms with Crippen LogP contribution in [0, 0.1) is 5.92 Å². The van der Waals surface area contributed by atoms with E-state index >= 15 is 0 Å². The molecule has 3 aliphatic rings. The van der Waals surface area contributed by atoms with Crippen LogP contribution in [0.3, 0.4) is 0 Å². The van der Waals surface area contributed by atoms with E-state index in [1.54, 1.807) is 0 Å². The second kappa shape index (κ2) is 1.52. The summed E-state index contributed by atoms with van der Waals surface area (Å²) < 4.78 is 0. The third-order valence-corrected chi connectivity index (χ3v) is 2.43. The Morgan fingerprint density at radius 1 is 1.70 bits per heavy atom. The van der Waals surface area contributed by atoms with Crippen molar-refractivity contribution in [3.63, 3.8) is 0 Å². The first-order chi connectivity index (χ1) is 4.62. The summed E-state index contributed by atoms with van der Waals surface area (Å²) in [4.78, 5) is 11.0. The molecule has 0 radical (unpaired) electrons. The van der Waals surface area contributed by atoms with Gasteiger partial charge in [0.05, 0.1) is 5.54 Å². The predicted octanol–water partition coefficient (Wildman–Crippen LogP) is -1.46. The van der Waals surface area contributed by atoms with Crippen LogP contribution in [0.15, 0.2) is 0 Å². The summed E-state index contributed by atoms with van der Waals surface area (Å²) in [6.07, 6.45) is 0.623. The van der Waals surface area contributed by atoms with Crippen LogP contribution < -0.4 is 11.1 Å². The molecule has 0 aromatic carbocycles. The number of hydrogen-bond acceptors (Lipinski definition) is 3. The van der Waals surface area contributed by atoms with Crippen molar-refractivity contribution < 1.29 is 9.90 Å². The Morgan fingerprint density at radius 2 is 2.30 bits per heavy atom. The van der Waals surface area contributed by atoms with Gasteiger partial charge in [0.15, 0.2) is 0 Å². The molecule has 3 rings (SSSR count). The summed E-state index contributed by atoms with van der Waals surface area (Å²) in [5, 5.41) is 11.5. The first-order valence-electron chi connectivity index (χ1n) is 3.40. The fourth-order valence-electron chi connectivity index (χ4n) is 1.68. The molecule has 10 heavy (non-hydrogen) atoms.